The van der Waals surface area contributed by atoms with E-state index in [0.717, 1.165) is 11.3 Å². The molecule has 0 spiro atoms. The Kier molecular flexibility index (Phi) is 5.65. The lowest BCUT2D eigenvalue weighted by atomic mass is 10.2. The number of methoxy groups -OCH3 is 1. The van der Waals surface area contributed by atoms with E-state index in [-0.39, 0.29) is 0 Å². The number of rotatable bonds is 7. The molecule has 0 radical (unpaired) electrons. The van der Waals surface area contributed by atoms with Crippen molar-refractivity contribution in [1.82, 2.24) is 0 Å². The van der Waals surface area contributed by atoms with Crippen LogP contribution in [0.15, 0.2) is 47.6 Å². The van der Waals surface area contributed by atoms with Gasteiger partial charge in [-0.1, -0.05) is 22.9 Å². The Morgan fingerprint density at radius 3 is 2.41 bits per heavy atom. The minimum atomic E-state index is 0.400. The Balaban J connectivity index is 1.87. The molecule has 0 atom stereocenters. The molecule has 5 heteroatoms. The fourth-order valence-electron chi connectivity index (χ4n) is 1.90. The van der Waals surface area contributed by atoms with E-state index in [4.69, 9.17) is 19.4 Å². The molecule has 2 aromatic rings. The summed E-state index contributed by atoms with van der Waals surface area (Å²) in [5, 5.41) is 11.5. The Hall–Kier alpha value is -2.69. The van der Waals surface area contributed by atoms with Gasteiger partial charge in [-0.15, -0.1) is 0 Å². The molecule has 0 aliphatic carbocycles. The zero-order valence-electron chi connectivity index (χ0n) is 12.7. The van der Waals surface area contributed by atoms with E-state index in [2.05, 4.69) is 5.16 Å². The average Bonchev–Trinajstić information content (AvgIpc) is 2.54. The van der Waals surface area contributed by atoms with Gasteiger partial charge in [0.25, 0.3) is 0 Å². The minimum absolute atomic E-state index is 0.400. The van der Waals surface area contributed by atoms with E-state index in [9.17, 15) is 0 Å². The second-order valence-corrected chi connectivity index (χ2v) is 4.66. The van der Waals surface area contributed by atoms with Gasteiger partial charge >= 0.3 is 0 Å². The number of ether oxygens (including phenoxy) is 3. The first-order chi connectivity index (χ1) is 10.7. The van der Waals surface area contributed by atoms with Gasteiger partial charge in [-0.05, 0) is 37.3 Å². The third-order valence-electron chi connectivity index (χ3n) is 3.03. The van der Waals surface area contributed by atoms with Gasteiger partial charge in [-0.25, -0.2) is 0 Å². The molecule has 0 aromatic heterocycles. The van der Waals surface area contributed by atoms with Gasteiger partial charge < -0.3 is 19.4 Å². The number of aryl methyl sites for hydroxylation is 1. The van der Waals surface area contributed by atoms with Crippen molar-refractivity contribution in [3.63, 3.8) is 0 Å². The fourth-order valence-corrected chi connectivity index (χ4v) is 1.90. The van der Waals surface area contributed by atoms with Crippen LogP contribution in [-0.2, 0) is 0 Å². The lowest BCUT2D eigenvalue weighted by Gasteiger charge is -2.12. The summed E-state index contributed by atoms with van der Waals surface area (Å²) in [6, 6.07) is 13.1. The maximum atomic E-state index is 8.53. The van der Waals surface area contributed by atoms with Gasteiger partial charge in [0.05, 0.1) is 13.3 Å². The SMILES string of the molecule is COc1cc(/C=N/O)ccc1OCCOc1ccc(C)cc1. The number of nitrogens with zero attached hydrogens (tertiary/aromatic N) is 1. The van der Waals surface area contributed by atoms with Crippen LogP contribution in [0.4, 0.5) is 0 Å². The van der Waals surface area contributed by atoms with Crippen molar-refractivity contribution in [1.29, 1.82) is 0 Å². The number of oxime groups is 1. The van der Waals surface area contributed by atoms with Crippen LogP contribution in [0.2, 0.25) is 0 Å². The van der Waals surface area contributed by atoms with Gasteiger partial charge in [0.1, 0.15) is 19.0 Å². The van der Waals surface area contributed by atoms with Crippen LogP contribution in [0.25, 0.3) is 0 Å². The average molecular weight is 301 g/mol. The minimum Gasteiger partial charge on any atom is -0.493 e. The van der Waals surface area contributed by atoms with E-state index >= 15 is 0 Å². The van der Waals surface area contributed by atoms with Crippen LogP contribution in [-0.4, -0.2) is 31.7 Å². The summed E-state index contributed by atoms with van der Waals surface area (Å²) in [6.07, 6.45) is 1.33. The highest BCUT2D eigenvalue weighted by molar-refractivity contribution is 5.80. The molecule has 0 saturated heterocycles. The summed E-state index contributed by atoms with van der Waals surface area (Å²) in [6.45, 7) is 2.87. The molecule has 0 saturated carbocycles. The molecule has 0 bridgehead atoms. The number of hydrogen-bond acceptors (Lipinski definition) is 5. The summed E-state index contributed by atoms with van der Waals surface area (Å²) in [5.74, 6) is 2.01. The molecule has 0 amide bonds. The highest BCUT2D eigenvalue weighted by Gasteiger charge is 2.05. The smallest absolute Gasteiger partial charge is 0.161 e. The van der Waals surface area contributed by atoms with Crippen molar-refractivity contribution in [3.8, 4) is 17.2 Å². The van der Waals surface area contributed by atoms with Crippen LogP contribution in [0, 0.1) is 6.92 Å². The van der Waals surface area contributed by atoms with Crippen molar-refractivity contribution >= 4 is 6.21 Å². The second kappa shape index (κ2) is 7.93. The summed E-state index contributed by atoms with van der Waals surface area (Å²) in [5.41, 5.74) is 1.92. The molecule has 0 unspecified atom stereocenters. The summed E-state index contributed by atoms with van der Waals surface area (Å²) in [7, 11) is 1.56. The Labute approximate surface area is 129 Å². The molecular formula is C17H19NO4. The summed E-state index contributed by atoms with van der Waals surface area (Å²) in [4.78, 5) is 0. The summed E-state index contributed by atoms with van der Waals surface area (Å²) < 4.78 is 16.5. The van der Waals surface area contributed by atoms with E-state index in [0.29, 0.717) is 24.7 Å². The molecule has 0 fully saturated rings. The van der Waals surface area contributed by atoms with E-state index in [1.54, 1.807) is 25.3 Å². The van der Waals surface area contributed by atoms with Gasteiger partial charge in [0.15, 0.2) is 11.5 Å². The van der Waals surface area contributed by atoms with Crippen molar-refractivity contribution in [2.24, 2.45) is 5.16 Å². The molecule has 0 aliphatic heterocycles. The molecule has 5 nitrogen and oxygen atoms in total. The van der Waals surface area contributed by atoms with Gasteiger partial charge in [-0.2, -0.15) is 0 Å². The van der Waals surface area contributed by atoms with Crippen LogP contribution in [0.1, 0.15) is 11.1 Å². The molecule has 22 heavy (non-hydrogen) atoms. The highest BCUT2D eigenvalue weighted by atomic mass is 16.5. The normalized spacial score (nSPS) is 10.6. The molecule has 0 aliphatic rings. The Morgan fingerprint density at radius 1 is 1.00 bits per heavy atom. The number of hydrogen-bond donors (Lipinski definition) is 1. The maximum Gasteiger partial charge on any atom is 0.161 e. The van der Waals surface area contributed by atoms with Crippen LogP contribution in [0.3, 0.4) is 0 Å². The van der Waals surface area contributed by atoms with Crippen LogP contribution in [0.5, 0.6) is 17.2 Å². The van der Waals surface area contributed by atoms with Gasteiger partial charge in [-0.3, -0.25) is 0 Å². The lowest BCUT2D eigenvalue weighted by molar-refractivity contribution is 0.211. The van der Waals surface area contributed by atoms with Crippen molar-refractivity contribution in [2.75, 3.05) is 20.3 Å². The quantitative estimate of drug-likeness (QED) is 0.369. The Bertz CT molecular complexity index is 623. The third kappa shape index (κ3) is 4.41. The van der Waals surface area contributed by atoms with Crippen LogP contribution < -0.4 is 14.2 Å². The molecule has 2 rings (SSSR count). The third-order valence-corrected chi connectivity index (χ3v) is 3.03. The first kappa shape index (κ1) is 15.7. The topological polar surface area (TPSA) is 60.3 Å². The standard InChI is InChI=1S/C17H19NO4/c1-13-3-6-15(7-4-13)21-9-10-22-16-8-5-14(12-18-19)11-17(16)20-2/h3-8,11-12,19H,9-10H2,1-2H3/b18-12+. The number of benzene rings is 2. The van der Waals surface area contributed by atoms with E-state index in [1.165, 1.54) is 11.8 Å². The molecule has 116 valence electrons. The fraction of sp³-hybridized carbons (Fsp3) is 0.235. The first-order valence-electron chi connectivity index (χ1n) is 6.90. The van der Waals surface area contributed by atoms with Crippen molar-refractivity contribution in [3.05, 3.63) is 53.6 Å². The van der Waals surface area contributed by atoms with Crippen molar-refractivity contribution in [2.45, 2.75) is 6.92 Å². The van der Waals surface area contributed by atoms with Crippen molar-refractivity contribution < 1.29 is 19.4 Å². The first-order valence-corrected chi connectivity index (χ1v) is 6.90. The molecular weight excluding hydrogens is 282 g/mol. The second-order valence-electron chi connectivity index (χ2n) is 4.66. The van der Waals surface area contributed by atoms with Gasteiger partial charge in [0.2, 0.25) is 0 Å². The van der Waals surface area contributed by atoms with E-state index in [1.807, 2.05) is 31.2 Å². The maximum absolute atomic E-state index is 8.53. The molecule has 0 heterocycles. The largest absolute Gasteiger partial charge is 0.493 e. The zero-order chi connectivity index (χ0) is 15.8. The van der Waals surface area contributed by atoms with Crippen LogP contribution >= 0.6 is 0 Å². The predicted octanol–water partition coefficient (Wildman–Crippen LogP) is 3.27. The van der Waals surface area contributed by atoms with E-state index < -0.39 is 0 Å². The Morgan fingerprint density at radius 2 is 1.73 bits per heavy atom. The predicted molar refractivity (Wildman–Crippen MR) is 84.5 cm³/mol. The highest BCUT2D eigenvalue weighted by Crippen LogP contribution is 2.27. The zero-order valence-corrected chi connectivity index (χ0v) is 12.7. The molecule has 2 aromatic carbocycles. The lowest BCUT2D eigenvalue weighted by Crippen LogP contribution is -2.09. The summed E-state index contributed by atoms with van der Waals surface area (Å²) >= 11 is 0. The van der Waals surface area contributed by atoms with Gasteiger partial charge in [0, 0.05) is 5.56 Å². The molecule has 1 N–H and O–H groups in total. The monoisotopic (exact) mass is 301 g/mol.